The van der Waals surface area contributed by atoms with Crippen LogP contribution in [0.2, 0.25) is 0 Å². The van der Waals surface area contributed by atoms with Crippen molar-refractivity contribution in [3.05, 3.63) is 47.1 Å². The lowest BCUT2D eigenvalue weighted by Crippen LogP contribution is -2.39. The Hall–Kier alpha value is -2.38. The van der Waals surface area contributed by atoms with Gasteiger partial charge in [0.25, 0.3) is 5.91 Å². The fourth-order valence-electron chi connectivity index (χ4n) is 2.83. The Kier molecular flexibility index (Phi) is 4.29. The zero-order chi connectivity index (χ0) is 17.3. The highest BCUT2D eigenvalue weighted by atomic mass is 19.4. The molecule has 1 unspecified atom stereocenters. The van der Waals surface area contributed by atoms with E-state index in [-0.39, 0.29) is 17.4 Å². The molecule has 1 fully saturated rings. The molecular formula is C16H16F3N3O2. The van der Waals surface area contributed by atoms with Crippen LogP contribution < -0.4 is 0 Å². The maximum atomic E-state index is 12.6. The molecule has 0 saturated carbocycles. The normalized spacial score (nSPS) is 18.7. The molecule has 0 radical (unpaired) electrons. The molecule has 128 valence electrons. The number of hydrogen-bond donors (Lipinski definition) is 0. The number of hydrogen-bond acceptors (Lipinski definition) is 4. The summed E-state index contributed by atoms with van der Waals surface area (Å²) in [5.74, 6) is 0.705. The Morgan fingerprint density at radius 3 is 2.58 bits per heavy atom. The van der Waals surface area contributed by atoms with Gasteiger partial charge in [-0.3, -0.25) is 4.79 Å². The summed E-state index contributed by atoms with van der Waals surface area (Å²) in [6.07, 6.45) is -2.80. The van der Waals surface area contributed by atoms with Gasteiger partial charge in [-0.2, -0.15) is 18.2 Å². The molecule has 5 nitrogen and oxygen atoms in total. The third kappa shape index (κ3) is 3.42. The molecule has 0 N–H and O–H groups in total. The number of benzene rings is 1. The van der Waals surface area contributed by atoms with Crippen molar-refractivity contribution < 1.29 is 22.5 Å². The first kappa shape index (κ1) is 16.5. The zero-order valence-electron chi connectivity index (χ0n) is 13.0. The molecule has 1 atom stereocenters. The van der Waals surface area contributed by atoms with Crippen molar-refractivity contribution in [3.63, 3.8) is 0 Å². The third-order valence-electron chi connectivity index (χ3n) is 4.06. The van der Waals surface area contributed by atoms with Crippen LogP contribution >= 0.6 is 0 Å². The average Bonchev–Trinajstić information content (AvgIpc) is 3.00. The van der Waals surface area contributed by atoms with Crippen LogP contribution in [0.15, 0.2) is 28.8 Å². The second-order valence-electron chi connectivity index (χ2n) is 5.85. The summed E-state index contributed by atoms with van der Waals surface area (Å²) < 4.78 is 43.0. The number of aromatic nitrogens is 2. The predicted octanol–water partition coefficient (Wildman–Crippen LogP) is 3.42. The number of nitrogens with zero attached hydrogens (tertiary/aromatic N) is 3. The van der Waals surface area contributed by atoms with Gasteiger partial charge in [-0.1, -0.05) is 5.16 Å². The maximum Gasteiger partial charge on any atom is 0.416 e. The molecule has 0 aliphatic carbocycles. The molecule has 3 rings (SSSR count). The lowest BCUT2D eigenvalue weighted by atomic mass is 9.97. The largest absolute Gasteiger partial charge is 0.416 e. The van der Waals surface area contributed by atoms with Gasteiger partial charge in [0.05, 0.1) is 11.5 Å². The number of likely N-dealkylation sites (tertiary alicyclic amines) is 1. The maximum absolute atomic E-state index is 12.6. The highest BCUT2D eigenvalue weighted by Gasteiger charge is 2.31. The number of amides is 1. The van der Waals surface area contributed by atoms with Crippen molar-refractivity contribution in [2.75, 3.05) is 13.1 Å². The first-order chi connectivity index (χ1) is 11.3. The van der Waals surface area contributed by atoms with Crippen LogP contribution in [0.4, 0.5) is 13.2 Å². The van der Waals surface area contributed by atoms with Crippen LogP contribution in [0, 0.1) is 6.92 Å². The minimum absolute atomic E-state index is 0.0432. The van der Waals surface area contributed by atoms with Crippen LogP contribution in [0.3, 0.4) is 0 Å². The first-order valence-electron chi connectivity index (χ1n) is 7.61. The summed E-state index contributed by atoms with van der Waals surface area (Å²) >= 11 is 0. The molecule has 1 amide bonds. The van der Waals surface area contributed by atoms with Gasteiger partial charge in [0, 0.05) is 18.7 Å². The van der Waals surface area contributed by atoms with E-state index < -0.39 is 11.7 Å². The van der Waals surface area contributed by atoms with Crippen molar-refractivity contribution in [2.24, 2.45) is 0 Å². The van der Waals surface area contributed by atoms with Crippen LogP contribution in [0.5, 0.6) is 0 Å². The molecule has 0 bridgehead atoms. The highest BCUT2D eigenvalue weighted by Crippen LogP contribution is 2.30. The molecular weight excluding hydrogens is 323 g/mol. The summed E-state index contributed by atoms with van der Waals surface area (Å²) in [4.78, 5) is 18.3. The highest BCUT2D eigenvalue weighted by molar-refractivity contribution is 5.94. The van der Waals surface area contributed by atoms with Gasteiger partial charge in [0.1, 0.15) is 0 Å². The van der Waals surface area contributed by atoms with Gasteiger partial charge < -0.3 is 9.42 Å². The number of piperidine rings is 1. The SMILES string of the molecule is Cc1noc(C2CCCN(C(=O)c3ccc(C(F)(F)F)cc3)C2)n1. The molecule has 8 heteroatoms. The van der Waals surface area contributed by atoms with Gasteiger partial charge in [-0.15, -0.1) is 0 Å². The minimum atomic E-state index is -4.41. The molecule has 2 aromatic rings. The molecule has 2 heterocycles. The average molecular weight is 339 g/mol. The summed E-state index contributed by atoms with van der Waals surface area (Å²) in [6.45, 7) is 2.70. The van der Waals surface area contributed by atoms with E-state index in [0.717, 1.165) is 25.0 Å². The monoisotopic (exact) mass is 339 g/mol. The molecule has 1 aliphatic heterocycles. The van der Waals surface area contributed by atoms with Crippen LogP contribution in [-0.4, -0.2) is 34.0 Å². The van der Waals surface area contributed by atoms with Crippen LogP contribution in [0.1, 0.15) is 46.4 Å². The second-order valence-corrected chi connectivity index (χ2v) is 5.85. The smallest absolute Gasteiger partial charge is 0.339 e. The zero-order valence-corrected chi connectivity index (χ0v) is 13.0. The number of halogens is 3. The Morgan fingerprint density at radius 2 is 2.00 bits per heavy atom. The molecule has 1 aliphatic rings. The predicted molar refractivity (Wildman–Crippen MR) is 78.4 cm³/mol. The first-order valence-corrected chi connectivity index (χ1v) is 7.61. The van der Waals surface area contributed by atoms with Gasteiger partial charge in [0.2, 0.25) is 5.89 Å². The van der Waals surface area contributed by atoms with E-state index in [1.165, 1.54) is 12.1 Å². The minimum Gasteiger partial charge on any atom is -0.339 e. The lowest BCUT2D eigenvalue weighted by molar-refractivity contribution is -0.137. The van der Waals surface area contributed by atoms with Gasteiger partial charge in [0.15, 0.2) is 5.82 Å². The van der Waals surface area contributed by atoms with Crippen molar-refractivity contribution in [3.8, 4) is 0 Å². The second kappa shape index (κ2) is 6.26. The molecule has 24 heavy (non-hydrogen) atoms. The van der Waals surface area contributed by atoms with Crippen molar-refractivity contribution in [1.82, 2.24) is 15.0 Å². The Balaban J connectivity index is 1.72. The summed E-state index contributed by atoms with van der Waals surface area (Å²) in [5.41, 5.74) is -0.526. The number of carbonyl (C=O) groups excluding carboxylic acids is 1. The van der Waals surface area contributed by atoms with E-state index in [9.17, 15) is 18.0 Å². The van der Waals surface area contributed by atoms with Crippen molar-refractivity contribution in [1.29, 1.82) is 0 Å². The lowest BCUT2D eigenvalue weighted by Gasteiger charge is -2.31. The number of rotatable bonds is 2. The van der Waals surface area contributed by atoms with Crippen molar-refractivity contribution >= 4 is 5.91 Å². The Bertz CT molecular complexity index is 725. The van der Waals surface area contributed by atoms with E-state index in [4.69, 9.17) is 4.52 Å². The van der Waals surface area contributed by atoms with E-state index in [0.29, 0.717) is 24.8 Å². The topological polar surface area (TPSA) is 59.2 Å². The Morgan fingerprint density at radius 1 is 1.29 bits per heavy atom. The van der Waals surface area contributed by atoms with Crippen LogP contribution in [-0.2, 0) is 6.18 Å². The van der Waals surface area contributed by atoms with Gasteiger partial charge >= 0.3 is 6.18 Å². The Labute approximate surface area is 136 Å². The van der Waals surface area contributed by atoms with E-state index >= 15 is 0 Å². The van der Waals surface area contributed by atoms with Gasteiger partial charge in [-0.05, 0) is 44.0 Å². The van der Waals surface area contributed by atoms with Crippen LogP contribution in [0.25, 0.3) is 0 Å². The fraction of sp³-hybridized carbons (Fsp3) is 0.438. The number of aryl methyl sites for hydroxylation is 1. The number of alkyl halides is 3. The van der Waals surface area contributed by atoms with Gasteiger partial charge in [-0.25, -0.2) is 0 Å². The molecule has 1 saturated heterocycles. The summed E-state index contributed by atoms with van der Waals surface area (Å²) in [6, 6.07) is 4.28. The third-order valence-corrected chi connectivity index (χ3v) is 4.06. The quantitative estimate of drug-likeness (QED) is 0.841. The molecule has 1 aromatic carbocycles. The fourth-order valence-corrected chi connectivity index (χ4v) is 2.83. The number of carbonyl (C=O) groups is 1. The standard InChI is InChI=1S/C16H16F3N3O2/c1-10-20-14(24-21-10)12-3-2-8-22(9-12)15(23)11-4-6-13(7-5-11)16(17,18)19/h4-7,12H,2-3,8-9H2,1H3. The van der Waals surface area contributed by atoms with E-state index in [1.807, 2.05) is 0 Å². The van der Waals surface area contributed by atoms with E-state index in [1.54, 1.807) is 11.8 Å². The summed E-state index contributed by atoms with van der Waals surface area (Å²) in [7, 11) is 0. The van der Waals surface area contributed by atoms with Crippen molar-refractivity contribution in [2.45, 2.75) is 31.9 Å². The summed E-state index contributed by atoms with van der Waals surface area (Å²) in [5, 5.41) is 3.76. The molecule has 1 aromatic heterocycles. The molecule has 0 spiro atoms. The van der Waals surface area contributed by atoms with E-state index in [2.05, 4.69) is 10.1 Å².